The van der Waals surface area contributed by atoms with Gasteiger partial charge in [-0.1, -0.05) is 17.3 Å². The number of amides is 1. The van der Waals surface area contributed by atoms with Gasteiger partial charge in [0.05, 0.1) is 13.0 Å². The third kappa shape index (κ3) is 3.28. The first-order valence-corrected chi connectivity index (χ1v) is 9.08. The summed E-state index contributed by atoms with van der Waals surface area (Å²) in [5.41, 5.74) is 0.947. The largest absolute Gasteiger partial charge is 0.493 e. The fourth-order valence-electron chi connectivity index (χ4n) is 2.72. The molecule has 0 atom stereocenters. The van der Waals surface area contributed by atoms with Crippen LogP contribution in [0.3, 0.4) is 0 Å². The van der Waals surface area contributed by atoms with E-state index in [9.17, 15) is 4.79 Å². The average Bonchev–Trinajstić information content (AvgIpc) is 3.30. The zero-order valence-electron chi connectivity index (χ0n) is 14.1. The summed E-state index contributed by atoms with van der Waals surface area (Å²) in [6, 6.07) is 9.20. The lowest BCUT2D eigenvalue weighted by Gasteiger charge is -2.36. The molecule has 1 aromatic carbocycles. The molecule has 0 spiro atoms. The van der Waals surface area contributed by atoms with Crippen molar-refractivity contribution in [3.05, 3.63) is 47.0 Å². The molecule has 1 fully saturated rings. The van der Waals surface area contributed by atoms with Crippen molar-refractivity contribution in [3.8, 4) is 22.9 Å². The Morgan fingerprint density at radius 2 is 2.12 bits per heavy atom. The Kier molecular flexibility index (Phi) is 4.57. The molecular weight excluding hydrogens is 354 g/mol. The first kappa shape index (κ1) is 16.6. The summed E-state index contributed by atoms with van der Waals surface area (Å²) < 4.78 is 16.1. The van der Waals surface area contributed by atoms with Gasteiger partial charge in [0, 0.05) is 24.0 Å². The van der Waals surface area contributed by atoms with E-state index >= 15 is 0 Å². The van der Waals surface area contributed by atoms with Gasteiger partial charge in [-0.15, -0.1) is 0 Å². The summed E-state index contributed by atoms with van der Waals surface area (Å²) >= 11 is 1.58. The molecule has 1 aliphatic rings. The second kappa shape index (κ2) is 7.17. The molecule has 3 heterocycles. The van der Waals surface area contributed by atoms with Gasteiger partial charge in [0.1, 0.15) is 0 Å². The van der Waals surface area contributed by atoms with Crippen LogP contribution in [0.1, 0.15) is 11.8 Å². The van der Waals surface area contributed by atoms with E-state index < -0.39 is 0 Å². The fourth-order valence-corrected chi connectivity index (χ4v) is 3.35. The van der Waals surface area contributed by atoms with E-state index in [4.69, 9.17) is 14.0 Å². The summed E-state index contributed by atoms with van der Waals surface area (Å²) in [6.45, 7) is 1.08. The number of carbonyl (C=O) groups excluding carboxylic acids is 1. The van der Waals surface area contributed by atoms with Gasteiger partial charge >= 0.3 is 0 Å². The molecule has 1 amide bonds. The van der Waals surface area contributed by atoms with Crippen molar-refractivity contribution in [2.45, 2.75) is 5.92 Å². The second-order valence-corrected chi connectivity index (χ2v) is 6.68. The molecule has 0 radical (unpaired) electrons. The number of methoxy groups -OCH3 is 1. The van der Waals surface area contributed by atoms with Crippen LogP contribution in [0.2, 0.25) is 0 Å². The standard InChI is InChI=1S/C18H17N3O4S/c1-23-14-4-2-3-5-15(14)24-10-16(22)21-8-13(9-21)18-19-17(20-25-18)12-6-7-26-11-12/h2-7,11,13H,8-10H2,1H3. The average molecular weight is 371 g/mol. The lowest BCUT2D eigenvalue weighted by molar-refractivity contribution is -0.138. The van der Waals surface area contributed by atoms with Gasteiger partial charge in [0.25, 0.3) is 5.91 Å². The van der Waals surface area contributed by atoms with Gasteiger partial charge in [-0.2, -0.15) is 16.3 Å². The van der Waals surface area contributed by atoms with Gasteiger partial charge in [-0.05, 0) is 23.6 Å². The summed E-state index contributed by atoms with van der Waals surface area (Å²) in [4.78, 5) is 18.4. The molecule has 26 heavy (non-hydrogen) atoms. The number of thiophene rings is 1. The summed E-state index contributed by atoms with van der Waals surface area (Å²) in [5.74, 6) is 2.31. The first-order chi connectivity index (χ1) is 12.7. The molecule has 1 saturated heterocycles. The molecule has 3 aromatic rings. The molecule has 1 aliphatic heterocycles. The molecule has 8 heteroatoms. The monoisotopic (exact) mass is 371 g/mol. The summed E-state index contributed by atoms with van der Waals surface area (Å²) in [5, 5.41) is 7.95. The molecule has 4 rings (SSSR count). The van der Waals surface area contributed by atoms with Gasteiger partial charge in [-0.3, -0.25) is 4.79 Å². The zero-order valence-corrected chi connectivity index (χ0v) is 14.9. The van der Waals surface area contributed by atoms with Crippen molar-refractivity contribution >= 4 is 17.2 Å². The van der Waals surface area contributed by atoms with Crippen LogP contribution in [0, 0.1) is 0 Å². The van der Waals surface area contributed by atoms with E-state index in [1.807, 2.05) is 29.0 Å². The quantitative estimate of drug-likeness (QED) is 0.663. The fraction of sp³-hybridized carbons (Fsp3) is 0.278. The lowest BCUT2D eigenvalue weighted by atomic mass is 10.0. The Morgan fingerprint density at radius 3 is 2.85 bits per heavy atom. The molecule has 0 aliphatic carbocycles. The third-order valence-corrected chi connectivity index (χ3v) is 4.91. The number of rotatable bonds is 6. The van der Waals surface area contributed by atoms with E-state index in [0.29, 0.717) is 36.3 Å². The lowest BCUT2D eigenvalue weighted by Crippen LogP contribution is -2.50. The highest BCUT2D eigenvalue weighted by Gasteiger charge is 2.35. The van der Waals surface area contributed by atoms with Gasteiger partial charge < -0.3 is 18.9 Å². The van der Waals surface area contributed by atoms with Crippen molar-refractivity contribution in [1.29, 1.82) is 0 Å². The van der Waals surface area contributed by atoms with Crippen LogP contribution in [-0.4, -0.2) is 47.8 Å². The van der Waals surface area contributed by atoms with Crippen LogP contribution in [0.25, 0.3) is 11.4 Å². The van der Waals surface area contributed by atoms with Crippen LogP contribution in [0.15, 0.2) is 45.6 Å². The topological polar surface area (TPSA) is 77.7 Å². The minimum atomic E-state index is -0.0790. The maximum atomic E-state index is 12.3. The number of hydrogen-bond donors (Lipinski definition) is 0. The van der Waals surface area contributed by atoms with Crippen LogP contribution < -0.4 is 9.47 Å². The Morgan fingerprint density at radius 1 is 1.31 bits per heavy atom. The van der Waals surface area contributed by atoms with E-state index in [2.05, 4.69) is 10.1 Å². The highest BCUT2D eigenvalue weighted by molar-refractivity contribution is 7.08. The van der Waals surface area contributed by atoms with E-state index in [1.165, 1.54) is 0 Å². The predicted octanol–water partition coefficient (Wildman–Crippen LogP) is 2.81. The number of hydrogen-bond acceptors (Lipinski definition) is 7. The summed E-state index contributed by atoms with van der Waals surface area (Å²) in [7, 11) is 1.57. The molecular formula is C18H17N3O4S. The van der Waals surface area contributed by atoms with Crippen LogP contribution in [0.4, 0.5) is 0 Å². The van der Waals surface area contributed by atoms with Crippen molar-refractivity contribution in [3.63, 3.8) is 0 Å². The number of likely N-dealkylation sites (tertiary alicyclic amines) is 1. The molecule has 7 nitrogen and oxygen atoms in total. The van der Waals surface area contributed by atoms with Gasteiger partial charge in [0.2, 0.25) is 11.7 Å². The Labute approximate surface area is 154 Å². The number of ether oxygens (including phenoxy) is 2. The summed E-state index contributed by atoms with van der Waals surface area (Å²) in [6.07, 6.45) is 0. The van der Waals surface area contributed by atoms with E-state index in [-0.39, 0.29) is 18.4 Å². The number of nitrogens with zero attached hydrogens (tertiary/aromatic N) is 3. The highest BCUT2D eigenvalue weighted by atomic mass is 32.1. The Hall–Kier alpha value is -2.87. The Bertz CT molecular complexity index is 887. The number of para-hydroxylation sites is 2. The molecule has 0 unspecified atom stereocenters. The Balaban J connectivity index is 1.30. The first-order valence-electron chi connectivity index (χ1n) is 8.14. The number of benzene rings is 1. The van der Waals surface area contributed by atoms with Crippen LogP contribution in [-0.2, 0) is 4.79 Å². The molecule has 2 aromatic heterocycles. The second-order valence-electron chi connectivity index (χ2n) is 5.90. The van der Waals surface area contributed by atoms with Gasteiger partial charge in [0.15, 0.2) is 18.1 Å². The molecule has 134 valence electrons. The SMILES string of the molecule is COc1ccccc1OCC(=O)N1CC(c2nc(-c3ccsc3)no2)C1. The third-order valence-electron chi connectivity index (χ3n) is 4.22. The van der Waals surface area contributed by atoms with Crippen molar-refractivity contribution in [1.82, 2.24) is 15.0 Å². The van der Waals surface area contributed by atoms with E-state index in [0.717, 1.165) is 5.56 Å². The zero-order chi connectivity index (χ0) is 17.9. The molecule has 0 saturated carbocycles. The van der Waals surface area contributed by atoms with Crippen LogP contribution in [0.5, 0.6) is 11.5 Å². The number of aromatic nitrogens is 2. The number of carbonyl (C=O) groups is 1. The van der Waals surface area contributed by atoms with Crippen molar-refractivity contribution in [2.24, 2.45) is 0 Å². The predicted molar refractivity (Wildman–Crippen MR) is 95.4 cm³/mol. The van der Waals surface area contributed by atoms with Crippen molar-refractivity contribution < 1.29 is 18.8 Å². The maximum absolute atomic E-state index is 12.3. The van der Waals surface area contributed by atoms with E-state index in [1.54, 1.807) is 35.5 Å². The minimum Gasteiger partial charge on any atom is -0.493 e. The highest BCUT2D eigenvalue weighted by Crippen LogP contribution is 2.29. The normalized spacial score (nSPS) is 14.1. The maximum Gasteiger partial charge on any atom is 0.260 e. The molecule has 0 N–H and O–H groups in total. The van der Waals surface area contributed by atoms with Crippen molar-refractivity contribution in [2.75, 3.05) is 26.8 Å². The smallest absolute Gasteiger partial charge is 0.260 e. The van der Waals surface area contributed by atoms with Crippen LogP contribution >= 0.6 is 11.3 Å². The van der Waals surface area contributed by atoms with Gasteiger partial charge in [-0.25, -0.2) is 0 Å². The molecule has 0 bridgehead atoms. The minimum absolute atomic E-state index is 0.0307.